The number of benzene rings is 1. The van der Waals surface area contributed by atoms with Gasteiger partial charge in [0.1, 0.15) is 0 Å². The van der Waals surface area contributed by atoms with Crippen LogP contribution in [0.2, 0.25) is 0 Å². The van der Waals surface area contributed by atoms with E-state index in [4.69, 9.17) is 0 Å². The first-order valence-corrected chi connectivity index (χ1v) is 9.09. The summed E-state index contributed by atoms with van der Waals surface area (Å²) in [5.74, 6) is 0. The molecular formula is C23H25N3+2. The molecule has 1 aliphatic rings. The summed E-state index contributed by atoms with van der Waals surface area (Å²) in [5, 5.41) is 0. The Labute approximate surface area is 155 Å². The molecule has 3 nitrogen and oxygen atoms in total. The zero-order chi connectivity index (χ0) is 18.1. The number of aromatic nitrogens is 2. The van der Waals surface area contributed by atoms with Gasteiger partial charge in [0, 0.05) is 44.0 Å². The minimum absolute atomic E-state index is 1.02. The van der Waals surface area contributed by atoms with Gasteiger partial charge in [0.2, 0.25) is 13.1 Å². The minimum atomic E-state index is 1.02. The Morgan fingerprint density at radius 2 is 1.38 bits per heavy atom. The van der Waals surface area contributed by atoms with Gasteiger partial charge in [-0.25, -0.2) is 0 Å². The number of aryl methyl sites for hydroxylation is 3. The number of fused-ring (bicyclic) bond motifs is 3. The van der Waals surface area contributed by atoms with Crippen LogP contribution in [0.15, 0.2) is 60.9 Å². The number of anilines is 1. The van der Waals surface area contributed by atoms with E-state index in [1.54, 1.807) is 0 Å². The Hall–Kier alpha value is -2.94. The molecule has 0 atom stereocenters. The first-order chi connectivity index (χ1) is 12.6. The monoisotopic (exact) mass is 343 g/mol. The smallest absolute Gasteiger partial charge is 0.278 e. The molecule has 3 aromatic rings. The molecule has 1 aromatic carbocycles. The van der Waals surface area contributed by atoms with Crippen LogP contribution in [0.3, 0.4) is 0 Å². The summed E-state index contributed by atoms with van der Waals surface area (Å²) in [6.07, 6.45) is 8.78. The Morgan fingerprint density at radius 3 is 2.08 bits per heavy atom. The average molecular weight is 343 g/mol. The maximum Gasteiger partial charge on any atom is 0.278 e. The second-order valence-corrected chi connectivity index (χ2v) is 7.14. The number of pyridine rings is 2. The fourth-order valence-corrected chi connectivity index (χ4v) is 3.41. The van der Waals surface area contributed by atoms with Gasteiger partial charge < -0.3 is 4.90 Å². The van der Waals surface area contributed by atoms with Gasteiger partial charge in [0.05, 0.1) is 0 Å². The average Bonchev–Trinajstić information content (AvgIpc) is 2.66. The Morgan fingerprint density at radius 1 is 0.769 bits per heavy atom. The van der Waals surface area contributed by atoms with Gasteiger partial charge >= 0.3 is 0 Å². The molecule has 0 N–H and O–H groups in total. The van der Waals surface area contributed by atoms with Gasteiger partial charge in [-0.2, -0.15) is 9.13 Å². The van der Waals surface area contributed by atoms with E-state index in [-0.39, 0.29) is 0 Å². The van der Waals surface area contributed by atoms with Crippen LogP contribution >= 0.6 is 0 Å². The fraction of sp³-hybridized carbons (Fsp3) is 0.217. The standard InChI is InChI=1S/C23H25N3/c1-18-10-12-25-14-15-26-13-11-20(17-23(26)22(25)16-18)5-4-19-6-8-21(9-7-19)24(2)3/h4-13,16-17H,14-15H2,1-3H3/q+2. The molecule has 1 aliphatic heterocycles. The molecule has 26 heavy (non-hydrogen) atoms. The molecule has 0 aliphatic carbocycles. The largest absolute Gasteiger partial charge is 0.378 e. The molecule has 0 amide bonds. The first kappa shape index (κ1) is 16.5. The lowest BCUT2D eigenvalue weighted by Crippen LogP contribution is -2.53. The van der Waals surface area contributed by atoms with Crippen molar-refractivity contribution in [3.8, 4) is 11.4 Å². The van der Waals surface area contributed by atoms with Crippen molar-refractivity contribution in [3.63, 3.8) is 0 Å². The summed E-state index contributed by atoms with van der Waals surface area (Å²) in [6.45, 7) is 4.20. The van der Waals surface area contributed by atoms with E-state index in [9.17, 15) is 0 Å². The van der Waals surface area contributed by atoms with E-state index in [0.717, 1.165) is 13.1 Å². The number of hydrogen-bond donors (Lipinski definition) is 0. The molecular weight excluding hydrogens is 318 g/mol. The highest BCUT2D eigenvalue weighted by Crippen LogP contribution is 2.19. The van der Waals surface area contributed by atoms with E-state index in [1.807, 2.05) is 0 Å². The van der Waals surface area contributed by atoms with Crippen molar-refractivity contribution in [2.45, 2.75) is 20.0 Å². The molecule has 0 unspecified atom stereocenters. The van der Waals surface area contributed by atoms with Crippen LogP contribution < -0.4 is 14.0 Å². The van der Waals surface area contributed by atoms with Crippen molar-refractivity contribution in [1.82, 2.24) is 0 Å². The van der Waals surface area contributed by atoms with Crippen molar-refractivity contribution in [2.24, 2.45) is 0 Å². The molecule has 4 rings (SSSR count). The van der Waals surface area contributed by atoms with Gasteiger partial charge in [0.15, 0.2) is 12.4 Å². The normalized spacial score (nSPS) is 12.7. The van der Waals surface area contributed by atoms with Crippen molar-refractivity contribution in [2.75, 3.05) is 19.0 Å². The third-order valence-corrected chi connectivity index (χ3v) is 4.97. The Bertz CT molecular complexity index is 969. The summed E-state index contributed by atoms with van der Waals surface area (Å²) in [7, 11) is 4.13. The summed E-state index contributed by atoms with van der Waals surface area (Å²) in [4.78, 5) is 2.12. The lowest BCUT2D eigenvalue weighted by atomic mass is 10.1. The van der Waals surface area contributed by atoms with Crippen LogP contribution in [0.1, 0.15) is 16.7 Å². The van der Waals surface area contributed by atoms with E-state index >= 15 is 0 Å². The molecule has 0 bridgehead atoms. The van der Waals surface area contributed by atoms with Crippen molar-refractivity contribution in [1.29, 1.82) is 0 Å². The number of rotatable bonds is 3. The molecule has 0 saturated carbocycles. The second kappa shape index (κ2) is 6.75. The van der Waals surface area contributed by atoms with Gasteiger partial charge in [-0.1, -0.05) is 24.3 Å². The topological polar surface area (TPSA) is 11.0 Å². The molecule has 130 valence electrons. The third-order valence-electron chi connectivity index (χ3n) is 4.97. The van der Waals surface area contributed by atoms with Crippen molar-refractivity contribution < 1.29 is 9.13 Å². The molecule has 2 aromatic heterocycles. The quantitative estimate of drug-likeness (QED) is 0.663. The molecule has 3 heteroatoms. The fourth-order valence-electron chi connectivity index (χ4n) is 3.41. The Balaban J connectivity index is 1.64. The van der Waals surface area contributed by atoms with E-state index in [0.29, 0.717) is 0 Å². The summed E-state index contributed by atoms with van der Waals surface area (Å²) in [5.41, 5.74) is 7.53. The highest BCUT2D eigenvalue weighted by molar-refractivity contribution is 5.71. The summed E-state index contributed by atoms with van der Waals surface area (Å²) in [6, 6.07) is 17.6. The van der Waals surface area contributed by atoms with Crippen molar-refractivity contribution >= 4 is 17.8 Å². The second-order valence-electron chi connectivity index (χ2n) is 7.14. The SMILES string of the molecule is Cc1cc[n+]2c(c1)-c1cc(/C=C/c3ccc(N(C)C)cc3)cc[n+]1CC2. The van der Waals surface area contributed by atoms with Crippen LogP contribution in [-0.4, -0.2) is 14.1 Å². The molecule has 0 radical (unpaired) electrons. The van der Waals surface area contributed by atoms with E-state index in [2.05, 4.69) is 108 Å². The van der Waals surface area contributed by atoms with Gasteiger partial charge in [0.25, 0.3) is 11.4 Å². The first-order valence-electron chi connectivity index (χ1n) is 9.09. The van der Waals surface area contributed by atoms with E-state index < -0.39 is 0 Å². The number of nitrogens with zero attached hydrogens (tertiary/aromatic N) is 3. The predicted octanol–water partition coefficient (Wildman–Crippen LogP) is 3.49. The van der Waals surface area contributed by atoms with Crippen LogP contribution in [0.25, 0.3) is 23.5 Å². The summed E-state index contributed by atoms with van der Waals surface area (Å²) < 4.78 is 4.69. The van der Waals surface area contributed by atoms with Crippen molar-refractivity contribution in [3.05, 3.63) is 77.6 Å². The molecule has 0 saturated heterocycles. The highest BCUT2D eigenvalue weighted by Gasteiger charge is 2.29. The van der Waals surface area contributed by atoms with Gasteiger partial charge in [-0.15, -0.1) is 0 Å². The van der Waals surface area contributed by atoms with Crippen LogP contribution in [0.5, 0.6) is 0 Å². The molecule has 3 heterocycles. The maximum atomic E-state index is 2.35. The van der Waals surface area contributed by atoms with Gasteiger partial charge in [-0.05, 0) is 35.7 Å². The zero-order valence-corrected chi connectivity index (χ0v) is 15.7. The predicted molar refractivity (Wildman–Crippen MR) is 107 cm³/mol. The van der Waals surface area contributed by atoms with Crippen LogP contribution in [-0.2, 0) is 13.1 Å². The third kappa shape index (κ3) is 3.25. The van der Waals surface area contributed by atoms with E-state index in [1.165, 1.54) is 33.8 Å². The summed E-state index contributed by atoms with van der Waals surface area (Å²) >= 11 is 0. The molecule has 0 fully saturated rings. The van der Waals surface area contributed by atoms with Gasteiger partial charge in [-0.3, -0.25) is 0 Å². The highest BCUT2D eigenvalue weighted by atomic mass is 15.1. The maximum absolute atomic E-state index is 2.35. The number of hydrogen-bond acceptors (Lipinski definition) is 1. The van der Waals surface area contributed by atoms with Crippen LogP contribution in [0, 0.1) is 6.92 Å². The lowest BCUT2D eigenvalue weighted by molar-refractivity contribution is -0.794. The Kier molecular flexibility index (Phi) is 4.29. The zero-order valence-electron chi connectivity index (χ0n) is 15.7. The lowest BCUT2D eigenvalue weighted by Gasteiger charge is -2.11. The molecule has 0 spiro atoms. The minimum Gasteiger partial charge on any atom is -0.378 e. The van der Waals surface area contributed by atoms with Crippen LogP contribution in [0.4, 0.5) is 5.69 Å².